The van der Waals surface area contributed by atoms with E-state index in [2.05, 4.69) is 34.3 Å². The van der Waals surface area contributed by atoms with Gasteiger partial charge in [-0.05, 0) is 0 Å². The highest BCUT2D eigenvalue weighted by atomic mass is 16.1. The standard InChI is InChI=1S/C13H28N4O/c1-12(2)15-5-7-17-10-8-16(9-11-17)6-4-13(18)14-3/h12,15H,4-11H2,1-3H3,(H,14,18). The lowest BCUT2D eigenvalue weighted by Gasteiger charge is -2.34. The molecule has 106 valence electrons. The summed E-state index contributed by atoms with van der Waals surface area (Å²) in [5, 5.41) is 6.11. The summed E-state index contributed by atoms with van der Waals surface area (Å²) in [5.74, 6) is 0.138. The van der Waals surface area contributed by atoms with Gasteiger partial charge in [-0.25, -0.2) is 0 Å². The molecule has 0 unspecified atom stereocenters. The van der Waals surface area contributed by atoms with Gasteiger partial charge in [-0.15, -0.1) is 0 Å². The zero-order chi connectivity index (χ0) is 13.4. The van der Waals surface area contributed by atoms with Gasteiger partial charge >= 0.3 is 0 Å². The van der Waals surface area contributed by atoms with E-state index < -0.39 is 0 Å². The van der Waals surface area contributed by atoms with E-state index in [1.54, 1.807) is 7.05 Å². The number of nitrogens with zero attached hydrogens (tertiary/aromatic N) is 2. The third kappa shape index (κ3) is 6.33. The highest BCUT2D eigenvalue weighted by Gasteiger charge is 2.16. The van der Waals surface area contributed by atoms with Gasteiger partial charge in [0.05, 0.1) is 0 Å². The van der Waals surface area contributed by atoms with Crippen molar-refractivity contribution >= 4 is 5.91 Å². The highest BCUT2D eigenvalue weighted by molar-refractivity contribution is 5.75. The minimum absolute atomic E-state index is 0.138. The summed E-state index contributed by atoms with van der Waals surface area (Å²) < 4.78 is 0. The van der Waals surface area contributed by atoms with Crippen molar-refractivity contribution in [1.29, 1.82) is 0 Å². The van der Waals surface area contributed by atoms with Crippen molar-refractivity contribution in [2.75, 3.05) is 52.9 Å². The summed E-state index contributed by atoms with van der Waals surface area (Å²) in [4.78, 5) is 16.0. The Hall–Kier alpha value is -0.650. The van der Waals surface area contributed by atoms with Crippen LogP contribution in [0.25, 0.3) is 0 Å². The van der Waals surface area contributed by atoms with Crippen LogP contribution in [0.3, 0.4) is 0 Å². The molecule has 1 saturated heterocycles. The fourth-order valence-electron chi connectivity index (χ4n) is 2.13. The normalized spacial score (nSPS) is 18.2. The van der Waals surface area contributed by atoms with Crippen LogP contribution in [0, 0.1) is 0 Å². The number of piperazine rings is 1. The average Bonchev–Trinajstić information content (AvgIpc) is 2.37. The van der Waals surface area contributed by atoms with Gasteiger partial charge in [0.25, 0.3) is 0 Å². The molecule has 0 radical (unpaired) electrons. The quantitative estimate of drug-likeness (QED) is 0.659. The fourth-order valence-corrected chi connectivity index (χ4v) is 2.13. The molecule has 0 aromatic rings. The maximum atomic E-state index is 11.2. The molecule has 5 heteroatoms. The number of hydrogen-bond acceptors (Lipinski definition) is 4. The molecule has 0 bridgehead atoms. The van der Waals surface area contributed by atoms with Gasteiger partial charge < -0.3 is 15.5 Å². The van der Waals surface area contributed by atoms with Crippen molar-refractivity contribution in [3.63, 3.8) is 0 Å². The second-order valence-electron chi connectivity index (χ2n) is 5.22. The smallest absolute Gasteiger partial charge is 0.221 e. The summed E-state index contributed by atoms with van der Waals surface area (Å²) in [7, 11) is 1.70. The number of rotatable bonds is 7. The number of nitrogens with one attached hydrogen (secondary N) is 2. The average molecular weight is 256 g/mol. The first-order chi connectivity index (χ1) is 8.61. The molecular weight excluding hydrogens is 228 g/mol. The van der Waals surface area contributed by atoms with Gasteiger partial charge in [0.15, 0.2) is 0 Å². The molecule has 1 aliphatic heterocycles. The van der Waals surface area contributed by atoms with Crippen LogP contribution in [-0.4, -0.2) is 74.6 Å². The van der Waals surface area contributed by atoms with E-state index in [0.717, 1.165) is 45.8 Å². The van der Waals surface area contributed by atoms with Crippen LogP contribution in [0.4, 0.5) is 0 Å². The van der Waals surface area contributed by atoms with Crippen LogP contribution in [0.1, 0.15) is 20.3 Å². The lowest BCUT2D eigenvalue weighted by molar-refractivity contribution is -0.121. The number of hydrogen-bond donors (Lipinski definition) is 2. The molecule has 0 spiro atoms. The summed E-state index contributed by atoms with van der Waals surface area (Å²) in [6.45, 7) is 11.8. The van der Waals surface area contributed by atoms with E-state index in [-0.39, 0.29) is 5.91 Å². The van der Waals surface area contributed by atoms with E-state index in [1.807, 2.05) is 0 Å². The third-order valence-corrected chi connectivity index (χ3v) is 3.38. The van der Waals surface area contributed by atoms with Crippen LogP contribution >= 0.6 is 0 Å². The summed E-state index contributed by atoms with van der Waals surface area (Å²) in [6, 6.07) is 0.568. The zero-order valence-electron chi connectivity index (χ0n) is 12.0. The first-order valence-corrected chi connectivity index (χ1v) is 7.00. The first kappa shape index (κ1) is 15.4. The Labute approximate surface area is 111 Å². The molecule has 0 aromatic heterocycles. The molecule has 1 rings (SSSR count). The Bertz CT molecular complexity index is 237. The van der Waals surface area contributed by atoms with Crippen molar-refractivity contribution in [3.05, 3.63) is 0 Å². The van der Waals surface area contributed by atoms with Crippen molar-refractivity contribution in [2.24, 2.45) is 0 Å². The van der Waals surface area contributed by atoms with E-state index in [0.29, 0.717) is 12.5 Å². The lowest BCUT2D eigenvalue weighted by Crippen LogP contribution is -2.49. The Morgan fingerprint density at radius 3 is 2.17 bits per heavy atom. The van der Waals surface area contributed by atoms with E-state index in [1.165, 1.54) is 0 Å². The van der Waals surface area contributed by atoms with Gasteiger partial charge in [0.1, 0.15) is 0 Å². The van der Waals surface area contributed by atoms with E-state index >= 15 is 0 Å². The fraction of sp³-hybridized carbons (Fsp3) is 0.923. The second kappa shape index (κ2) is 8.45. The molecule has 0 aromatic carbocycles. The molecule has 1 aliphatic rings. The van der Waals surface area contributed by atoms with Gasteiger partial charge in [0.2, 0.25) is 5.91 Å². The molecule has 2 N–H and O–H groups in total. The molecule has 1 heterocycles. The molecule has 0 saturated carbocycles. The third-order valence-electron chi connectivity index (χ3n) is 3.38. The monoisotopic (exact) mass is 256 g/mol. The zero-order valence-corrected chi connectivity index (χ0v) is 12.0. The van der Waals surface area contributed by atoms with Crippen LogP contribution in [-0.2, 0) is 4.79 Å². The Morgan fingerprint density at radius 1 is 1.11 bits per heavy atom. The van der Waals surface area contributed by atoms with E-state index in [9.17, 15) is 4.79 Å². The van der Waals surface area contributed by atoms with Crippen LogP contribution < -0.4 is 10.6 Å². The van der Waals surface area contributed by atoms with Crippen LogP contribution in [0.2, 0.25) is 0 Å². The van der Waals surface area contributed by atoms with Crippen molar-refractivity contribution in [3.8, 4) is 0 Å². The molecule has 5 nitrogen and oxygen atoms in total. The SMILES string of the molecule is CNC(=O)CCN1CCN(CCNC(C)C)CC1. The van der Waals surface area contributed by atoms with Crippen LogP contribution in [0.15, 0.2) is 0 Å². The van der Waals surface area contributed by atoms with Crippen molar-refractivity contribution in [1.82, 2.24) is 20.4 Å². The Balaban J connectivity index is 2.07. The van der Waals surface area contributed by atoms with Crippen molar-refractivity contribution < 1.29 is 4.79 Å². The Kier molecular flexibility index (Phi) is 7.23. The van der Waals surface area contributed by atoms with Crippen molar-refractivity contribution in [2.45, 2.75) is 26.3 Å². The minimum atomic E-state index is 0.138. The molecule has 0 atom stereocenters. The largest absolute Gasteiger partial charge is 0.359 e. The Morgan fingerprint density at radius 2 is 1.67 bits per heavy atom. The topological polar surface area (TPSA) is 47.6 Å². The number of carbonyl (C=O) groups excluding carboxylic acids is 1. The lowest BCUT2D eigenvalue weighted by atomic mass is 10.2. The molecule has 18 heavy (non-hydrogen) atoms. The maximum Gasteiger partial charge on any atom is 0.221 e. The predicted molar refractivity (Wildman–Crippen MR) is 74.7 cm³/mol. The number of carbonyl (C=O) groups is 1. The first-order valence-electron chi connectivity index (χ1n) is 7.00. The molecular formula is C13H28N4O. The predicted octanol–water partition coefficient (Wildman–Crippen LogP) is -0.262. The van der Waals surface area contributed by atoms with Gasteiger partial charge in [-0.1, -0.05) is 13.8 Å². The summed E-state index contributed by atoms with van der Waals surface area (Å²) in [6.07, 6.45) is 0.616. The summed E-state index contributed by atoms with van der Waals surface area (Å²) in [5.41, 5.74) is 0. The van der Waals surface area contributed by atoms with Gasteiger partial charge in [-0.2, -0.15) is 0 Å². The summed E-state index contributed by atoms with van der Waals surface area (Å²) >= 11 is 0. The van der Waals surface area contributed by atoms with Gasteiger partial charge in [-0.3, -0.25) is 9.69 Å². The molecule has 1 fully saturated rings. The number of amides is 1. The second-order valence-corrected chi connectivity index (χ2v) is 5.22. The van der Waals surface area contributed by atoms with Crippen LogP contribution in [0.5, 0.6) is 0 Å². The molecule has 1 amide bonds. The molecule has 0 aliphatic carbocycles. The van der Waals surface area contributed by atoms with E-state index in [4.69, 9.17) is 0 Å². The highest BCUT2D eigenvalue weighted by Crippen LogP contribution is 2.01. The maximum absolute atomic E-state index is 11.2. The van der Waals surface area contributed by atoms with Gasteiger partial charge in [0, 0.05) is 65.3 Å². The minimum Gasteiger partial charge on any atom is -0.359 e.